The minimum absolute atomic E-state index is 0.0810. The zero-order valence-electron chi connectivity index (χ0n) is 15.1. The lowest BCUT2D eigenvalue weighted by Crippen LogP contribution is -2.40. The second-order valence-electron chi connectivity index (χ2n) is 6.54. The van der Waals surface area contributed by atoms with Crippen molar-refractivity contribution in [3.63, 3.8) is 0 Å². The first-order valence-corrected chi connectivity index (χ1v) is 8.76. The number of benzene rings is 1. The quantitative estimate of drug-likeness (QED) is 0.871. The van der Waals surface area contributed by atoms with Gasteiger partial charge in [0.25, 0.3) is 5.91 Å². The smallest absolute Gasteiger partial charge is 0.287 e. The Labute approximate surface area is 148 Å². The van der Waals surface area contributed by atoms with Crippen molar-refractivity contribution < 1.29 is 18.7 Å². The average molecular weight is 346 g/mol. The highest BCUT2D eigenvalue weighted by atomic mass is 16.5. The molecule has 1 atom stereocenters. The number of carbonyl (C=O) groups is 1. The van der Waals surface area contributed by atoms with Crippen LogP contribution in [-0.4, -0.2) is 56.8 Å². The lowest BCUT2D eigenvalue weighted by Gasteiger charge is -2.27. The van der Waals surface area contributed by atoms with E-state index >= 15 is 0 Å². The van der Waals surface area contributed by atoms with Crippen LogP contribution >= 0.6 is 0 Å². The van der Waals surface area contributed by atoms with Crippen LogP contribution in [-0.2, 0) is 4.74 Å². The van der Waals surface area contributed by atoms with Crippen LogP contribution in [0.15, 0.2) is 22.6 Å². The number of nitrogens with one attached hydrogen (secondary N) is 1. The number of furan rings is 1. The standard InChI is InChI=1S/C19H26N2O4/c1-13(6-7-21-8-10-24-11-9-21)20-19(22)18-14(2)16-12-15(23-3)4-5-17(16)25-18/h4-5,12-13H,6-11H2,1-3H3,(H,20,22). The fourth-order valence-electron chi connectivity index (χ4n) is 3.11. The van der Waals surface area contributed by atoms with Crippen molar-refractivity contribution in [1.29, 1.82) is 0 Å². The Balaban J connectivity index is 1.62. The number of hydrogen-bond acceptors (Lipinski definition) is 5. The van der Waals surface area contributed by atoms with Gasteiger partial charge in [-0.15, -0.1) is 0 Å². The third-order valence-electron chi connectivity index (χ3n) is 4.71. The maximum Gasteiger partial charge on any atom is 0.287 e. The van der Waals surface area contributed by atoms with Gasteiger partial charge in [-0.1, -0.05) is 0 Å². The van der Waals surface area contributed by atoms with Gasteiger partial charge in [-0.3, -0.25) is 9.69 Å². The molecule has 1 aromatic carbocycles. The predicted octanol–water partition coefficient (Wildman–Crippen LogP) is 2.59. The number of ether oxygens (including phenoxy) is 2. The second-order valence-corrected chi connectivity index (χ2v) is 6.54. The fraction of sp³-hybridized carbons (Fsp3) is 0.526. The molecular formula is C19H26N2O4. The molecule has 0 saturated carbocycles. The highest BCUT2D eigenvalue weighted by molar-refractivity contribution is 5.99. The third kappa shape index (κ3) is 4.14. The van der Waals surface area contributed by atoms with Crippen LogP contribution < -0.4 is 10.1 Å². The molecule has 2 aromatic rings. The molecule has 0 radical (unpaired) electrons. The maximum absolute atomic E-state index is 12.6. The van der Waals surface area contributed by atoms with Crippen LogP contribution in [0.2, 0.25) is 0 Å². The number of carbonyl (C=O) groups excluding carboxylic acids is 1. The van der Waals surface area contributed by atoms with Crippen LogP contribution in [0.25, 0.3) is 11.0 Å². The van der Waals surface area contributed by atoms with Gasteiger partial charge in [0.05, 0.1) is 20.3 Å². The van der Waals surface area contributed by atoms with Crippen molar-refractivity contribution in [3.8, 4) is 5.75 Å². The number of amides is 1. The first-order chi connectivity index (χ1) is 12.1. The second kappa shape index (κ2) is 7.89. The first kappa shape index (κ1) is 17.8. The molecule has 3 rings (SSSR count). The Morgan fingerprint density at radius 2 is 2.12 bits per heavy atom. The normalized spacial score (nSPS) is 16.8. The van der Waals surface area contributed by atoms with Crippen LogP contribution in [0, 0.1) is 6.92 Å². The average Bonchev–Trinajstić information content (AvgIpc) is 2.97. The number of nitrogens with zero attached hydrogens (tertiary/aromatic N) is 1. The van der Waals surface area contributed by atoms with E-state index in [1.165, 1.54) is 0 Å². The molecular weight excluding hydrogens is 320 g/mol. The molecule has 0 aliphatic carbocycles. The molecule has 136 valence electrons. The van der Waals surface area contributed by atoms with Crippen molar-refractivity contribution in [1.82, 2.24) is 10.2 Å². The summed E-state index contributed by atoms with van der Waals surface area (Å²) in [6.45, 7) is 8.40. The molecule has 1 aliphatic rings. The van der Waals surface area contributed by atoms with E-state index in [1.807, 2.05) is 32.0 Å². The van der Waals surface area contributed by atoms with Gasteiger partial charge >= 0.3 is 0 Å². The van der Waals surface area contributed by atoms with Gasteiger partial charge in [-0.2, -0.15) is 0 Å². The largest absolute Gasteiger partial charge is 0.497 e. The Hall–Kier alpha value is -2.05. The number of aryl methyl sites for hydroxylation is 1. The fourth-order valence-corrected chi connectivity index (χ4v) is 3.11. The molecule has 1 saturated heterocycles. The third-order valence-corrected chi connectivity index (χ3v) is 4.71. The number of methoxy groups -OCH3 is 1. The summed E-state index contributed by atoms with van der Waals surface area (Å²) in [5.74, 6) is 0.964. The molecule has 2 heterocycles. The molecule has 1 N–H and O–H groups in total. The molecule has 6 heteroatoms. The van der Waals surface area contributed by atoms with Crippen molar-refractivity contribution >= 4 is 16.9 Å². The molecule has 6 nitrogen and oxygen atoms in total. The van der Waals surface area contributed by atoms with Gasteiger partial charge in [-0.25, -0.2) is 0 Å². The monoisotopic (exact) mass is 346 g/mol. The number of morpholine rings is 1. The van der Waals surface area contributed by atoms with E-state index in [-0.39, 0.29) is 11.9 Å². The van der Waals surface area contributed by atoms with Crippen molar-refractivity contribution in [2.24, 2.45) is 0 Å². The van der Waals surface area contributed by atoms with Crippen molar-refractivity contribution in [2.75, 3.05) is 40.0 Å². The topological polar surface area (TPSA) is 63.9 Å². The summed E-state index contributed by atoms with van der Waals surface area (Å²) in [7, 11) is 1.63. The molecule has 0 spiro atoms. The highest BCUT2D eigenvalue weighted by Gasteiger charge is 2.20. The van der Waals surface area contributed by atoms with Gasteiger partial charge in [0.2, 0.25) is 0 Å². The van der Waals surface area contributed by atoms with Gasteiger partial charge in [0.1, 0.15) is 11.3 Å². The zero-order valence-corrected chi connectivity index (χ0v) is 15.1. The van der Waals surface area contributed by atoms with Gasteiger partial charge in [-0.05, 0) is 38.5 Å². The Morgan fingerprint density at radius 1 is 1.36 bits per heavy atom. The van der Waals surface area contributed by atoms with Crippen LogP contribution in [0.3, 0.4) is 0 Å². The van der Waals surface area contributed by atoms with E-state index in [0.717, 1.165) is 56.0 Å². The summed E-state index contributed by atoms with van der Waals surface area (Å²) in [4.78, 5) is 14.9. The molecule has 25 heavy (non-hydrogen) atoms. The molecule has 1 aromatic heterocycles. The van der Waals surface area contributed by atoms with Gasteiger partial charge < -0.3 is 19.2 Å². The van der Waals surface area contributed by atoms with Crippen LogP contribution in [0.1, 0.15) is 29.5 Å². The van der Waals surface area contributed by atoms with E-state index in [2.05, 4.69) is 10.2 Å². The maximum atomic E-state index is 12.6. The van der Waals surface area contributed by atoms with E-state index in [4.69, 9.17) is 13.9 Å². The van der Waals surface area contributed by atoms with Crippen LogP contribution in [0.5, 0.6) is 5.75 Å². The highest BCUT2D eigenvalue weighted by Crippen LogP contribution is 2.28. The predicted molar refractivity (Wildman–Crippen MR) is 96.3 cm³/mol. The lowest BCUT2D eigenvalue weighted by atomic mass is 10.1. The van der Waals surface area contributed by atoms with Crippen molar-refractivity contribution in [2.45, 2.75) is 26.3 Å². The van der Waals surface area contributed by atoms with Gasteiger partial charge in [0, 0.05) is 36.6 Å². The van der Waals surface area contributed by atoms with E-state index in [9.17, 15) is 4.79 Å². The zero-order chi connectivity index (χ0) is 17.8. The van der Waals surface area contributed by atoms with E-state index in [0.29, 0.717) is 11.3 Å². The lowest BCUT2D eigenvalue weighted by molar-refractivity contribution is 0.0362. The molecule has 0 bridgehead atoms. The summed E-state index contributed by atoms with van der Waals surface area (Å²) in [6, 6.07) is 5.64. The van der Waals surface area contributed by atoms with Crippen LogP contribution in [0.4, 0.5) is 0 Å². The Bertz CT molecular complexity index is 734. The summed E-state index contributed by atoms with van der Waals surface area (Å²) in [5, 5.41) is 3.95. The minimum atomic E-state index is -0.165. The first-order valence-electron chi connectivity index (χ1n) is 8.76. The molecule has 1 amide bonds. The summed E-state index contributed by atoms with van der Waals surface area (Å²) in [6.07, 6.45) is 0.902. The van der Waals surface area contributed by atoms with E-state index in [1.54, 1.807) is 7.11 Å². The number of rotatable bonds is 6. The summed E-state index contributed by atoms with van der Waals surface area (Å²) in [5.41, 5.74) is 1.54. The molecule has 1 unspecified atom stereocenters. The van der Waals surface area contributed by atoms with Crippen molar-refractivity contribution in [3.05, 3.63) is 29.5 Å². The summed E-state index contributed by atoms with van der Waals surface area (Å²) >= 11 is 0. The SMILES string of the molecule is COc1ccc2oc(C(=O)NC(C)CCN3CCOCC3)c(C)c2c1. The van der Waals surface area contributed by atoms with E-state index < -0.39 is 0 Å². The molecule has 1 fully saturated rings. The Morgan fingerprint density at radius 3 is 2.84 bits per heavy atom. The van der Waals surface area contributed by atoms with Gasteiger partial charge in [0.15, 0.2) is 5.76 Å². The number of hydrogen-bond donors (Lipinski definition) is 1. The molecule has 1 aliphatic heterocycles. The number of fused-ring (bicyclic) bond motifs is 1. The summed E-state index contributed by atoms with van der Waals surface area (Å²) < 4.78 is 16.4. The minimum Gasteiger partial charge on any atom is -0.497 e. The Kier molecular flexibility index (Phi) is 5.60.